The minimum Gasteiger partial charge on any atom is -0.345 e. The lowest BCUT2D eigenvalue weighted by molar-refractivity contribution is -0.130. The molecule has 8 heteroatoms. The average Bonchev–Trinajstić information content (AvgIpc) is 2.52. The number of hydrogen-bond acceptors (Lipinski definition) is 4. The molecule has 24 heavy (non-hydrogen) atoms. The monoisotopic (exact) mass is 355 g/mol. The van der Waals surface area contributed by atoms with E-state index in [0.29, 0.717) is 12.2 Å². The lowest BCUT2D eigenvalue weighted by atomic mass is 10.3. The van der Waals surface area contributed by atoms with Gasteiger partial charge in [-0.1, -0.05) is 13.3 Å². The van der Waals surface area contributed by atoms with Crippen LogP contribution in [0.5, 0.6) is 0 Å². The summed E-state index contributed by atoms with van der Waals surface area (Å²) in [5.74, 6) is -0.479. The minimum atomic E-state index is -3.76. The molecular weight excluding hydrogens is 330 g/mol. The van der Waals surface area contributed by atoms with Crippen molar-refractivity contribution < 1.29 is 18.0 Å². The minimum absolute atomic E-state index is 0.0723. The van der Waals surface area contributed by atoms with Crippen molar-refractivity contribution in [3.05, 3.63) is 24.3 Å². The molecule has 0 spiro atoms. The van der Waals surface area contributed by atoms with Gasteiger partial charge in [-0.05, 0) is 30.7 Å². The van der Waals surface area contributed by atoms with Crippen LogP contribution in [0.4, 0.5) is 5.69 Å². The van der Waals surface area contributed by atoms with Crippen LogP contribution in [0.1, 0.15) is 26.7 Å². The third kappa shape index (κ3) is 5.61. The molecule has 0 atom stereocenters. The van der Waals surface area contributed by atoms with Gasteiger partial charge in [0.25, 0.3) is 0 Å². The first-order valence-electron chi connectivity index (χ1n) is 7.76. The highest BCUT2D eigenvalue weighted by Gasteiger charge is 2.24. The van der Waals surface area contributed by atoms with Crippen LogP contribution in [0.3, 0.4) is 0 Å². The topological polar surface area (TPSA) is 86.8 Å². The Morgan fingerprint density at radius 3 is 2.21 bits per heavy atom. The Bertz CT molecular complexity index is 671. The molecule has 0 saturated heterocycles. The number of carbonyl (C=O) groups excluding carboxylic acids is 2. The van der Waals surface area contributed by atoms with Crippen LogP contribution in [0.25, 0.3) is 0 Å². The third-order valence-electron chi connectivity index (χ3n) is 3.51. The molecule has 0 unspecified atom stereocenters. The summed E-state index contributed by atoms with van der Waals surface area (Å²) in [7, 11) is -0.715. The molecule has 7 nitrogen and oxygen atoms in total. The first-order valence-corrected chi connectivity index (χ1v) is 9.20. The molecule has 1 rings (SSSR count). The molecule has 1 aromatic rings. The van der Waals surface area contributed by atoms with E-state index in [1.54, 1.807) is 7.05 Å². The van der Waals surface area contributed by atoms with Crippen molar-refractivity contribution in [1.29, 1.82) is 0 Å². The van der Waals surface area contributed by atoms with Gasteiger partial charge in [-0.3, -0.25) is 9.59 Å². The van der Waals surface area contributed by atoms with Crippen molar-refractivity contribution in [3.63, 3.8) is 0 Å². The van der Waals surface area contributed by atoms with Crippen LogP contribution in [0.2, 0.25) is 0 Å². The molecule has 134 valence electrons. The maximum Gasteiger partial charge on any atom is 0.243 e. The van der Waals surface area contributed by atoms with Gasteiger partial charge in [0.05, 0.1) is 11.4 Å². The fourth-order valence-electron chi connectivity index (χ4n) is 2.01. The molecule has 0 saturated carbocycles. The Hall–Kier alpha value is -1.93. The molecule has 0 radical (unpaired) electrons. The Morgan fingerprint density at radius 1 is 1.12 bits per heavy atom. The second-order valence-corrected chi connectivity index (χ2v) is 7.68. The van der Waals surface area contributed by atoms with Crippen LogP contribution in [-0.2, 0) is 19.6 Å². The Labute approximate surface area is 143 Å². The summed E-state index contributed by atoms with van der Waals surface area (Å²) in [6.07, 6.45) is 1.84. The zero-order valence-corrected chi connectivity index (χ0v) is 15.4. The summed E-state index contributed by atoms with van der Waals surface area (Å²) in [6.45, 7) is 3.79. The molecule has 0 aliphatic carbocycles. The van der Waals surface area contributed by atoms with Crippen molar-refractivity contribution in [2.75, 3.05) is 32.5 Å². The molecule has 0 bridgehead atoms. The van der Waals surface area contributed by atoms with Crippen LogP contribution < -0.4 is 5.32 Å². The highest BCUT2D eigenvalue weighted by molar-refractivity contribution is 7.89. The number of likely N-dealkylation sites (N-methyl/N-ethyl adjacent to an activating group) is 2. The van der Waals surface area contributed by atoms with Gasteiger partial charge in [0.15, 0.2) is 0 Å². The van der Waals surface area contributed by atoms with Gasteiger partial charge in [0.1, 0.15) is 0 Å². The summed E-state index contributed by atoms with van der Waals surface area (Å²) in [6, 6.07) is 5.83. The van der Waals surface area contributed by atoms with E-state index in [9.17, 15) is 18.0 Å². The maximum absolute atomic E-state index is 12.5. The molecule has 0 aliphatic heterocycles. The van der Waals surface area contributed by atoms with Crippen LogP contribution in [0, 0.1) is 0 Å². The van der Waals surface area contributed by atoms with E-state index < -0.39 is 10.0 Å². The largest absolute Gasteiger partial charge is 0.345 e. The first-order chi connectivity index (χ1) is 11.2. The van der Waals surface area contributed by atoms with Crippen molar-refractivity contribution in [2.45, 2.75) is 31.6 Å². The van der Waals surface area contributed by atoms with Gasteiger partial charge in [-0.25, -0.2) is 8.42 Å². The molecule has 0 heterocycles. The van der Waals surface area contributed by atoms with Crippen LogP contribution in [-0.4, -0.2) is 56.6 Å². The average molecular weight is 355 g/mol. The van der Waals surface area contributed by atoms with Gasteiger partial charge in [-0.2, -0.15) is 4.31 Å². The smallest absolute Gasteiger partial charge is 0.243 e. The molecule has 0 aliphatic rings. The SMILES string of the molecule is CCCCN(C)C(=O)CN(C)S(=O)(=O)c1ccc(NC(C)=O)cc1. The summed E-state index contributed by atoms with van der Waals surface area (Å²) >= 11 is 0. The lowest BCUT2D eigenvalue weighted by Crippen LogP contribution is -2.39. The van der Waals surface area contributed by atoms with E-state index in [-0.39, 0.29) is 23.3 Å². The second-order valence-electron chi connectivity index (χ2n) is 5.64. The molecular formula is C16H25N3O4S. The Kier molecular flexibility index (Phi) is 7.37. The molecule has 2 amide bonds. The number of unbranched alkanes of at least 4 members (excludes halogenated alkanes) is 1. The number of nitrogens with zero attached hydrogens (tertiary/aromatic N) is 2. The van der Waals surface area contributed by atoms with Gasteiger partial charge in [0.2, 0.25) is 21.8 Å². The Morgan fingerprint density at radius 2 is 1.71 bits per heavy atom. The van der Waals surface area contributed by atoms with E-state index in [1.807, 2.05) is 6.92 Å². The third-order valence-corrected chi connectivity index (χ3v) is 5.33. The zero-order chi connectivity index (χ0) is 18.3. The van der Waals surface area contributed by atoms with E-state index in [1.165, 1.54) is 43.1 Å². The van der Waals surface area contributed by atoms with Crippen LogP contribution in [0.15, 0.2) is 29.2 Å². The predicted octanol–water partition coefficient (Wildman–Crippen LogP) is 1.52. The number of anilines is 1. The summed E-state index contributed by atoms with van der Waals surface area (Å²) in [4.78, 5) is 24.7. The summed E-state index contributed by atoms with van der Waals surface area (Å²) < 4.78 is 26.0. The Balaban J connectivity index is 2.79. The van der Waals surface area contributed by atoms with Crippen molar-refractivity contribution >= 4 is 27.5 Å². The summed E-state index contributed by atoms with van der Waals surface area (Å²) in [5, 5.41) is 2.57. The normalized spacial score (nSPS) is 11.4. The van der Waals surface area contributed by atoms with Gasteiger partial charge >= 0.3 is 0 Å². The number of nitrogens with one attached hydrogen (secondary N) is 1. The highest BCUT2D eigenvalue weighted by Crippen LogP contribution is 2.17. The van der Waals surface area contributed by atoms with Gasteiger partial charge in [-0.15, -0.1) is 0 Å². The fraction of sp³-hybridized carbons (Fsp3) is 0.500. The summed E-state index contributed by atoms with van der Waals surface area (Å²) in [5.41, 5.74) is 0.513. The second kappa shape index (κ2) is 8.79. The van der Waals surface area contributed by atoms with Crippen molar-refractivity contribution in [1.82, 2.24) is 9.21 Å². The van der Waals surface area contributed by atoms with Crippen LogP contribution >= 0.6 is 0 Å². The number of benzene rings is 1. The first kappa shape index (κ1) is 20.1. The highest BCUT2D eigenvalue weighted by atomic mass is 32.2. The fourth-order valence-corrected chi connectivity index (χ4v) is 3.13. The quantitative estimate of drug-likeness (QED) is 0.766. The van der Waals surface area contributed by atoms with E-state index in [4.69, 9.17) is 0 Å². The molecule has 0 aromatic heterocycles. The number of amides is 2. The predicted molar refractivity (Wildman–Crippen MR) is 93.1 cm³/mol. The number of rotatable bonds is 8. The van der Waals surface area contributed by atoms with Gasteiger partial charge in [0, 0.05) is 33.3 Å². The standard InChI is InChI=1S/C16H25N3O4S/c1-5-6-11-18(3)16(21)12-19(4)24(22,23)15-9-7-14(8-10-15)17-13(2)20/h7-10H,5-6,11-12H2,1-4H3,(H,17,20). The van der Waals surface area contributed by atoms with E-state index in [0.717, 1.165) is 17.1 Å². The van der Waals surface area contributed by atoms with Crippen molar-refractivity contribution in [2.24, 2.45) is 0 Å². The number of sulfonamides is 1. The zero-order valence-electron chi connectivity index (χ0n) is 14.6. The number of carbonyl (C=O) groups is 2. The lowest BCUT2D eigenvalue weighted by Gasteiger charge is -2.21. The van der Waals surface area contributed by atoms with E-state index in [2.05, 4.69) is 5.32 Å². The number of hydrogen-bond donors (Lipinski definition) is 1. The molecule has 1 aromatic carbocycles. The molecule has 1 N–H and O–H groups in total. The van der Waals surface area contributed by atoms with Crippen molar-refractivity contribution in [3.8, 4) is 0 Å². The maximum atomic E-state index is 12.5. The van der Waals surface area contributed by atoms with E-state index >= 15 is 0 Å². The van der Waals surface area contributed by atoms with Gasteiger partial charge < -0.3 is 10.2 Å². The molecule has 0 fully saturated rings.